The molecule has 0 rings (SSSR count). The Kier molecular flexibility index (Phi) is 29.3. The fourth-order valence-electron chi connectivity index (χ4n) is 2.86. The van der Waals surface area contributed by atoms with Gasteiger partial charge in [-0.1, -0.05) is 0 Å². The number of carbonyl (C=O) groups is 3. The third-order valence-electron chi connectivity index (χ3n) is 5.00. The molecular formula is C26H49F3N4O11. The molecule has 0 fully saturated rings. The van der Waals surface area contributed by atoms with Crippen molar-refractivity contribution in [1.82, 2.24) is 16.0 Å². The third kappa shape index (κ3) is 31.3. The second-order valence-electron chi connectivity index (χ2n) is 8.64. The summed E-state index contributed by atoms with van der Waals surface area (Å²) in [4.78, 5) is 34.0. The van der Waals surface area contributed by atoms with Crippen molar-refractivity contribution in [1.29, 1.82) is 0 Å². The first-order valence-electron chi connectivity index (χ1n) is 14.5. The average molecular weight is 651 g/mol. The highest BCUT2D eigenvalue weighted by Gasteiger charge is 2.38. The van der Waals surface area contributed by atoms with Crippen LogP contribution in [0.3, 0.4) is 0 Å². The van der Waals surface area contributed by atoms with Crippen molar-refractivity contribution in [2.45, 2.75) is 19.0 Å². The number of ether oxygens (including phenoxy) is 8. The van der Waals surface area contributed by atoms with Crippen LogP contribution in [-0.4, -0.2) is 156 Å². The lowest BCUT2D eigenvalue weighted by Crippen LogP contribution is -2.38. The zero-order chi connectivity index (χ0) is 32.6. The molecule has 3 amide bonds. The van der Waals surface area contributed by atoms with E-state index in [2.05, 4.69) is 10.6 Å². The van der Waals surface area contributed by atoms with Crippen LogP contribution in [0.1, 0.15) is 12.8 Å². The Morgan fingerprint density at radius 1 is 0.455 bits per heavy atom. The van der Waals surface area contributed by atoms with E-state index in [-0.39, 0.29) is 70.8 Å². The quantitative estimate of drug-likeness (QED) is 0.0636. The summed E-state index contributed by atoms with van der Waals surface area (Å²) in [6.07, 6.45) is -4.48. The molecule has 0 unspecified atom stereocenters. The molecule has 0 aliphatic rings. The van der Waals surface area contributed by atoms with E-state index in [1.807, 2.05) is 0 Å². The lowest BCUT2D eigenvalue weighted by molar-refractivity contribution is -0.173. The third-order valence-corrected chi connectivity index (χ3v) is 5.00. The molecule has 0 saturated heterocycles. The molecule has 0 atom stereocenters. The van der Waals surface area contributed by atoms with Gasteiger partial charge in [0.1, 0.15) is 0 Å². The summed E-state index contributed by atoms with van der Waals surface area (Å²) in [6, 6.07) is 0. The van der Waals surface area contributed by atoms with Gasteiger partial charge >= 0.3 is 12.1 Å². The van der Waals surface area contributed by atoms with Crippen LogP contribution in [0.15, 0.2) is 0 Å². The standard InChI is InChI=1S/C26H49F3N4O11/c27-26(28,29)25(36)33-6-12-42-18-17-41-11-5-32-24(35)2-8-38-14-20-44-22-21-43-19-13-37-7-1-23(34)31-4-10-40-16-15-39-9-3-30/h1-22,30H2,(H,31,34)(H,32,35)(H,33,36). The second-order valence-corrected chi connectivity index (χ2v) is 8.64. The summed E-state index contributed by atoms with van der Waals surface area (Å²) in [7, 11) is 0. The van der Waals surface area contributed by atoms with Crippen LogP contribution < -0.4 is 21.7 Å². The molecule has 260 valence electrons. The highest BCUT2D eigenvalue weighted by atomic mass is 19.4. The van der Waals surface area contributed by atoms with Gasteiger partial charge in [-0.25, -0.2) is 0 Å². The smallest absolute Gasteiger partial charge is 0.379 e. The molecule has 0 spiro atoms. The molecular weight excluding hydrogens is 601 g/mol. The van der Waals surface area contributed by atoms with Gasteiger partial charge in [-0.05, 0) is 0 Å². The molecule has 0 heterocycles. The van der Waals surface area contributed by atoms with Gasteiger partial charge in [0.25, 0.3) is 0 Å². The number of hydrogen-bond acceptors (Lipinski definition) is 12. The maximum atomic E-state index is 12.0. The van der Waals surface area contributed by atoms with Gasteiger partial charge in [0.2, 0.25) is 11.8 Å². The van der Waals surface area contributed by atoms with Crippen LogP contribution in [-0.2, 0) is 52.3 Å². The number of hydrogen-bond donors (Lipinski definition) is 4. The van der Waals surface area contributed by atoms with E-state index in [1.165, 1.54) is 0 Å². The van der Waals surface area contributed by atoms with Crippen molar-refractivity contribution >= 4 is 17.7 Å². The molecule has 0 saturated carbocycles. The zero-order valence-electron chi connectivity index (χ0n) is 25.3. The zero-order valence-corrected chi connectivity index (χ0v) is 25.3. The molecule has 0 radical (unpaired) electrons. The lowest BCUT2D eigenvalue weighted by atomic mass is 10.4. The Labute approximate surface area is 256 Å². The van der Waals surface area contributed by atoms with Gasteiger partial charge in [0, 0.05) is 39.0 Å². The van der Waals surface area contributed by atoms with Gasteiger partial charge in [-0.15, -0.1) is 0 Å². The van der Waals surface area contributed by atoms with Crippen molar-refractivity contribution in [3.63, 3.8) is 0 Å². The van der Waals surface area contributed by atoms with Crippen molar-refractivity contribution in [2.75, 3.05) is 132 Å². The molecule has 0 bridgehead atoms. The number of alkyl halides is 3. The van der Waals surface area contributed by atoms with E-state index >= 15 is 0 Å². The predicted octanol–water partition coefficient (Wildman–Crippen LogP) is -1.23. The normalized spacial score (nSPS) is 11.5. The number of nitrogens with two attached hydrogens (primary N) is 1. The number of carbonyl (C=O) groups excluding carboxylic acids is 3. The predicted molar refractivity (Wildman–Crippen MR) is 150 cm³/mol. The summed E-state index contributed by atoms with van der Waals surface area (Å²) in [5.41, 5.74) is 5.30. The topological polar surface area (TPSA) is 187 Å². The minimum absolute atomic E-state index is 0.0768. The minimum Gasteiger partial charge on any atom is -0.379 e. The van der Waals surface area contributed by atoms with Crippen LogP contribution in [0.2, 0.25) is 0 Å². The summed E-state index contributed by atoms with van der Waals surface area (Å²) in [5.74, 6) is -2.32. The van der Waals surface area contributed by atoms with Crippen LogP contribution in [0, 0.1) is 0 Å². The summed E-state index contributed by atoms with van der Waals surface area (Å²) >= 11 is 0. The molecule has 5 N–H and O–H groups in total. The van der Waals surface area contributed by atoms with Crippen LogP contribution in [0.5, 0.6) is 0 Å². The SMILES string of the molecule is NCCOCCOCCNC(=O)CCOCCOCCOCCOCCC(=O)NCCOCCOCCNC(=O)C(F)(F)F. The second kappa shape index (κ2) is 30.8. The first-order valence-corrected chi connectivity index (χ1v) is 14.5. The highest BCUT2D eigenvalue weighted by Crippen LogP contribution is 2.13. The Hall–Kier alpha value is -2.16. The monoisotopic (exact) mass is 650 g/mol. The summed E-state index contributed by atoms with van der Waals surface area (Å²) in [6.45, 7) is 5.99. The largest absolute Gasteiger partial charge is 0.471 e. The average Bonchev–Trinajstić information content (AvgIpc) is 2.98. The molecule has 44 heavy (non-hydrogen) atoms. The maximum absolute atomic E-state index is 12.0. The van der Waals surface area contributed by atoms with Crippen molar-refractivity contribution in [2.24, 2.45) is 5.73 Å². The summed E-state index contributed by atoms with van der Waals surface area (Å²) < 4.78 is 78.2. The number of halogens is 3. The van der Waals surface area contributed by atoms with E-state index in [4.69, 9.17) is 43.6 Å². The van der Waals surface area contributed by atoms with Gasteiger partial charge in [0.15, 0.2) is 0 Å². The van der Waals surface area contributed by atoms with E-state index in [9.17, 15) is 27.6 Å². The van der Waals surface area contributed by atoms with Crippen molar-refractivity contribution < 1.29 is 65.4 Å². The van der Waals surface area contributed by atoms with Crippen LogP contribution in [0.25, 0.3) is 0 Å². The van der Waals surface area contributed by atoms with Crippen LogP contribution in [0.4, 0.5) is 13.2 Å². The fourth-order valence-corrected chi connectivity index (χ4v) is 2.86. The number of rotatable bonds is 32. The molecule has 0 aromatic rings. The molecule has 0 aromatic carbocycles. The minimum atomic E-state index is -4.91. The maximum Gasteiger partial charge on any atom is 0.471 e. The molecule has 18 heteroatoms. The molecule has 15 nitrogen and oxygen atoms in total. The van der Waals surface area contributed by atoms with Gasteiger partial charge in [0.05, 0.1) is 106 Å². The van der Waals surface area contributed by atoms with E-state index in [0.29, 0.717) is 85.8 Å². The highest BCUT2D eigenvalue weighted by molar-refractivity contribution is 5.81. The van der Waals surface area contributed by atoms with Gasteiger partial charge in [-0.2, -0.15) is 13.2 Å². The first-order chi connectivity index (χ1) is 21.3. The fraction of sp³-hybridized carbons (Fsp3) is 0.885. The molecule has 0 aliphatic heterocycles. The Balaban J connectivity index is 3.27. The Morgan fingerprint density at radius 3 is 1.09 bits per heavy atom. The Bertz CT molecular complexity index is 711. The number of amides is 3. The first kappa shape index (κ1) is 41.8. The van der Waals surface area contributed by atoms with Crippen LogP contribution >= 0.6 is 0 Å². The lowest BCUT2D eigenvalue weighted by Gasteiger charge is -2.09. The summed E-state index contributed by atoms with van der Waals surface area (Å²) in [5, 5.41) is 7.09. The van der Waals surface area contributed by atoms with E-state index in [1.54, 1.807) is 5.32 Å². The van der Waals surface area contributed by atoms with E-state index < -0.39 is 12.1 Å². The van der Waals surface area contributed by atoms with Crippen molar-refractivity contribution in [3.05, 3.63) is 0 Å². The number of nitrogens with one attached hydrogen (secondary N) is 3. The van der Waals surface area contributed by atoms with Gasteiger partial charge < -0.3 is 59.6 Å². The molecule has 0 aromatic heterocycles. The Morgan fingerprint density at radius 2 is 0.750 bits per heavy atom. The van der Waals surface area contributed by atoms with E-state index in [0.717, 1.165) is 0 Å². The molecule has 0 aliphatic carbocycles. The van der Waals surface area contributed by atoms with Crippen molar-refractivity contribution in [3.8, 4) is 0 Å². The van der Waals surface area contributed by atoms with Gasteiger partial charge in [-0.3, -0.25) is 14.4 Å².